The number of hydrogen-bond acceptors (Lipinski definition) is 3. The van der Waals surface area contributed by atoms with Crippen molar-refractivity contribution in [1.29, 1.82) is 0 Å². The summed E-state index contributed by atoms with van der Waals surface area (Å²) in [5, 5.41) is 8.93. The number of nitrogens with zero attached hydrogens (tertiary/aromatic N) is 3. The molecule has 2 heterocycles. The smallest absolute Gasteiger partial charge is 0.255 e. The van der Waals surface area contributed by atoms with E-state index in [4.69, 9.17) is 23.2 Å². The molecule has 0 bridgehead atoms. The lowest BCUT2D eigenvalue weighted by Crippen LogP contribution is -2.13. The third-order valence-electron chi connectivity index (χ3n) is 4.62. The van der Waals surface area contributed by atoms with Crippen LogP contribution in [0.15, 0.2) is 36.8 Å². The highest BCUT2D eigenvalue weighted by atomic mass is 35.5. The van der Waals surface area contributed by atoms with Crippen LogP contribution in [0.25, 0.3) is 10.9 Å². The molecule has 0 aliphatic heterocycles. The normalized spacial score (nSPS) is 15.0. The summed E-state index contributed by atoms with van der Waals surface area (Å²) in [4.78, 5) is 16.5. The number of carbonyl (C=O) groups is 1. The number of benzene rings is 1. The van der Waals surface area contributed by atoms with Crippen LogP contribution < -0.4 is 5.32 Å². The summed E-state index contributed by atoms with van der Waals surface area (Å²) in [6, 6.07) is 5.98. The van der Waals surface area contributed by atoms with Gasteiger partial charge in [-0.3, -0.25) is 14.5 Å². The molecule has 1 N–H and O–H groups in total. The van der Waals surface area contributed by atoms with Crippen LogP contribution in [0.5, 0.6) is 0 Å². The highest BCUT2D eigenvalue weighted by Gasteiger charge is 2.20. The second-order valence-corrected chi connectivity index (χ2v) is 7.05. The summed E-state index contributed by atoms with van der Waals surface area (Å²) in [6.07, 6.45) is 9.47. The second kappa shape index (κ2) is 6.65. The summed E-state index contributed by atoms with van der Waals surface area (Å²) in [5.74, 6) is -0.268. The lowest BCUT2D eigenvalue weighted by Gasteiger charge is -2.12. The number of anilines is 1. The number of pyridine rings is 1. The van der Waals surface area contributed by atoms with Crippen LogP contribution in [0, 0.1) is 0 Å². The predicted octanol–water partition coefficient (Wildman–Crippen LogP) is 5.11. The Morgan fingerprint density at radius 2 is 1.84 bits per heavy atom. The van der Waals surface area contributed by atoms with E-state index < -0.39 is 0 Å². The molecular formula is C18H16Cl2N4O. The molecule has 1 saturated carbocycles. The largest absolute Gasteiger partial charge is 0.319 e. The summed E-state index contributed by atoms with van der Waals surface area (Å²) in [5.41, 5.74) is 1.88. The summed E-state index contributed by atoms with van der Waals surface area (Å²) in [6.45, 7) is 0. The summed E-state index contributed by atoms with van der Waals surface area (Å²) >= 11 is 12.1. The van der Waals surface area contributed by atoms with E-state index in [1.807, 2.05) is 23.0 Å². The zero-order valence-corrected chi connectivity index (χ0v) is 14.9. The Balaban J connectivity index is 1.66. The average Bonchev–Trinajstić information content (AvgIpc) is 3.26. The van der Waals surface area contributed by atoms with Crippen molar-refractivity contribution in [3.05, 3.63) is 52.4 Å². The van der Waals surface area contributed by atoms with Crippen LogP contribution in [0.3, 0.4) is 0 Å². The molecule has 2 aromatic heterocycles. The Bertz CT molecular complexity index is 927. The maximum absolute atomic E-state index is 12.6. The predicted molar refractivity (Wildman–Crippen MR) is 99.4 cm³/mol. The topological polar surface area (TPSA) is 59.8 Å². The minimum absolute atomic E-state index is 0.268. The Morgan fingerprint density at radius 3 is 2.56 bits per heavy atom. The molecule has 1 amide bonds. The van der Waals surface area contributed by atoms with Gasteiger partial charge in [0.05, 0.1) is 33.5 Å². The summed E-state index contributed by atoms with van der Waals surface area (Å²) in [7, 11) is 0. The molecule has 1 aliphatic rings. The van der Waals surface area contributed by atoms with Crippen molar-refractivity contribution in [1.82, 2.24) is 14.8 Å². The van der Waals surface area contributed by atoms with Gasteiger partial charge in [0, 0.05) is 23.3 Å². The van der Waals surface area contributed by atoms with Crippen molar-refractivity contribution >= 4 is 45.7 Å². The molecule has 3 aromatic rings. The first-order valence-corrected chi connectivity index (χ1v) is 8.96. The lowest BCUT2D eigenvalue weighted by atomic mass is 10.1. The summed E-state index contributed by atoms with van der Waals surface area (Å²) < 4.78 is 2.05. The molecule has 5 nitrogen and oxygen atoms in total. The number of aromatic nitrogens is 3. The molecule has 4 rings (SSSR count). The molecule has 0 spiro atoms. The Labute approximate surface area is 154 Å². The Morgan fingerprint density at radius 1 is 1.12 bits per heavy atom. The van der Waals surface area contributed by atoms with Crippen molar-refractivity contribution in [2.75, 3.05) is 5.32 Å². The van der Waals surface area contributed by atoms with E-state index in [1.165, 1.54) is 25.2 Å². The fourth-order valence-corrected chi connectivity index (χ4v) is 3.79. The van der Waals surface area contributed by atoms with Gasteiger partial charge in [-0.15, -0.1) is 0 Å². The first-order valence-electron chi connectivity index (χ1n) is 8.21. The van der Waals surface area contributed by atoms with Gasteiger partial charge in [-0.1, -0.05) is 42.1 Å². The molecule has 7 heteroatoms. The minimum atomic E-state index is -0.268. The first kappa shape index (κ1) is 16.4. The fourth-order valence-electron chi connectivity index (χ4n) is 3.34. The first-order chi connectivity index (χ1) is 12.1. The average molecular weight is 375 g/mol. The van der Waals surface area contributed by atoms with Gasteiger partial charge in [0.25, 0.3) is 5.91 Å². The molecule has 1 aromatic carbocycles. The van der Waals surface area contributed by atoms with Crippen LogP contribution in [0.1, 0.15) is 42.1 Å². The van der Waals surface area contributed by atoms with Crippen LogP contribution in [0.2, 0.25) is 10.0 Å². The van der Waals surface area contributed by atoms with E-state index in [0.29, 0.717) is 27.3 Å². The number of carbonyl (C=O) groups excluding carboxylic acids is 1. The third-order valence-corrected chi connectivity index (χ3v) is 5.20. The molecule has 0 radical (unpaired) electrons. The van der Waals surface area contributed by atoms with Gasteiger partial charge < -0.3 is 5.32 Å². The van der Waals surface area contributed by atoms with Gasteiger partial charge in [-0.2, -0.15) is 5.10 Å². The van der Waals surface area contributed by atoms with E-state index in [0.717, 1.165) is 23.7 Å². The van der Waals surface area contributed by atoms with Crippen LogP contribution in [-0.2, 0) is 0 Å². The van der Waals surface area contributed by atoms with Crippen molar-refractivity contribution in [3.8, 4) is 0 Å². The maximum atomic E-state index is 12.6. The Kier molecular flexibility index (Phi) is 4.36. The highest BCUT2D eigenvalue weighted by molar-refractivity contribution is 6.39. The van der Waals surface area contributed by atoms with Gasteiger partial charge in [0.15, 0.2) is 0 Å². The molecule has 128 valence electrons. The van der Waals surface area contributed by atoms with E-state index in [1.54, 1.807) is 6.07 Å². The second-order valence-electron chi connectivity index (χ2n) is 6.23. The molecule has 0 unspecified atom stereocenters. The minimum Gasteiger partial charge on any atom is -0.319 e. The molecule has 0 atom stereocenters. The van der Waals surface area contributed by atoms with Gasteiger partial charge in [-0.05, 0) is 25.0 Å². The Hall–Kier alpha value is -2.11. The number of rotatable bonds is 3. The molecule has 1 aliphatic carbocycles. The van der Waals surface area contributed by atoms with Crippen molar-refractivity contribution in [3.63, 3.8) is 0 Å². The van der Waals surface area contributed by atoms with Gasteiger partial charge in [-0.25, -0.2) is 0 Å². The standard InChI is InChI=1S/C18H16Cl2N4O/c19-14-9-21-10-15(20)17(14)23-18(25)11-5-6-12-8-22-24(16(12)7-11)13-3-1-2-4-13/h5-10,13H,1-4H2,(H,21,23,25). The van der Waals surface area contributed by atoms with Gasteiger partial charge in [0.1, 0.15) is 0 Å². The van der Waals surface area contributed by atoms with Crippen LogP contribution >= 0.6 is 23.2 Å². The lowest BCUT2D eigenvalue weighted by molar-refractivity contribution is 0.102. The highest BCUT2D eigenvalue weighted by Crippen LogP contribution is 2.32. The van der Waals surface area contributed by atoms with Gasteiger partial charge >= 0.3 is 0 Å². The molecule has 25 heavy (non-hydrogen) atoms. The molecule has 1 fully saturated rings. The van der Waals surface area contributed by atoms with Crippen molar-refractivity contribution in [2.24, 2.45) is 0 Å². The number of nitrogens with one attached hydrogen (secondary N) is 1. The monoisotopic (exact) mass is 374 g/mol. The number of hydrogen-bond donors (Lipinski definition) is 1. The number of halogens is 2. The molecule has 0 saturated heterocycles. The quantitative estimate of drug-likeness (QED) is 0.692. The molecular weight excluding hydrogens is 359 g/mol. The van der Waals surface area contributed by atoms with E-state index in [-0.39, 0.29) is 5.91 Å². The van der Waals surface area contributed by atoms with Crippen LogP contribution in [-0.4, -0.2) is 20.7 Å². The van der Waals surface area contributed by atoms with Gasteiger partial charge in [0.2, 0.25) is 0 Å². The third kappa shape index (κ3) is 3.10. The van der Waals surface area contributed by atoms with E-state index >= 15 is 0 Å². The number of fused-ring (bicyclic) bond motifs is 1. The maximum Gasteiger partial charge on any atom is 0.255 e. The SMILES string of the molecule is O=C(Nc1c(Cl)cncc1Cl)c1ccc2cnn(C3CCCC3)c2c1. The van der Waals surface area contributed by atoms with Crippen LogP contribution in [0.4, 0.5) is 5.69 Å². The van der Waals surface area contributed by atoms with Crippen molar-refractivity contribution < 1.29 is 4.79 Å². The zero-order valence-electron chi connectivity index (χ0n) is 13.4. The number of amides is 1. The van der Waals surface area contributed by atoms with Crippen molar-refractivity contribution in [2.45, 2.75) is 31.7 Å². The van der Waals surface area contributed by atoms with E-state index in [2.05, 4.69) is 15.4 Å². The fraction of sp³-hybridized carbons (Fsp3) is 0.278. The van der Waals surface area contributed by atoms with E-state index in [9.17, 15) is 4.79 Å². The zero-order chi connectivity index (χ0) is 17.4.